The van der Waals surface area contributed by atoms with E-state index in [0.29, 0.717) is 13.2 Å². The van der Waals surface area contributed by atoms with Crippen LogP contribution in [-0.4, -0.2) is 56.1 Å². The van der Waals surface area contributed by atoms with E-state index in [0.717, 1.165) is 38.9 Å². The van der Waals surface area contributed by atoms with Gasteiger partial charge in [-0.05, 0) is 26.7 Å². The van der Waals surface area contributed by atoms with Gasteiger partial charge in [-0.25, -0.2) is 4.79 Å². The van der Waals surface area contributed by atoms with Crippen LogP contribution in [0.5, 0.6) is 0 Å². The number of primary amides is 1. The zero-order chi connectivity index (χ0) is 14.1. The zero-order valence-electron chi connectivity index (χ0n) is 12.1. The van der Waals surface area contributed by atoms with E-state index in [1.54, 1.807) is 0 Å². The first-order valence-corrected chi connectivity index (χ1v) is 7.17. The Bertz CT molecular complexity index is 250. The van der Waals surface area contributed by atoms with Crippen LogP contribution < -0.4 is 11.1 Å². The molecular weight excluding hydrogens is 246 g/mol. The smallest absolute Gasteiger partial charge is 0.312 e. The fourth-order valence-electron chi connectivity index (χ4n) is 2.38. The molecule has 0 aliphatic carbocycles. The van der Waals surface area contributed by atoms with E-state index in [-0.39, 0.29) is 12.3 Å². The Hall–Kier alpha value is -0.850. The first-order valence-electron chi connectivity index (χ1n) is 7.17. The Labute approximate surface area is 115 Å². The second-order valence-corrected chi connectivity index (χ2v) is 4.75. The van der Waals surface area contributed by atoms with Crippen LogP contribution in [0.25, 0.3) is 0 Å². The summed E-state index contributed by atoms with van der Waals surface area (Å²) in [5.41, 5.74) is 5.13. The molecule has 0 aromatic heterocycles. The van der Waals surface area contributed by atoms with Gasteiger partial charge in [0.1, 0.15) is 0 Å². The van der Waals surface area contributed by atoms with Crippen LogP contribution >= 0.6 is 0 Å². The average Bonchev–Trinajstić information content (AvgIpc) is 2.37. The van der Waals surface area contributed by atoms with Gasteiger partial charge in [-0.2, -0.15) is 0 Å². The molecule has 0 bridgehead atoms. The highest BCUT2D eigenvalue weighted by Gasteiger charge is 2.20. The van der Waals surface area contributed by atoms with E-state index in [9.17, 15) is 4.79 Å². The van der Waals surface area contributed by atoms with Gasteiger partial charge in [0.15, 0.2) is 6.29 Å². The molecule has 0 spiro atoms. The van der Waals surface area contributed by atoms with E-state index in [2.05, 4.69) is 10.2 Å². The highest BCUT2D eigenvalue weighted by atomic mass is 16.7. The lowest BCUT2D eigenvalue weighted by molar-refractivity contribution is -0.142. The van der Waals surface area contributed by atoms with Gasteiger partial charge in [-0.3, -0.25) is 0 Å². The molecule has 112 valence electrons. The summed E-state index contributed by atoms with van der Waals surface area (Å²) in [6, 6.07) is -0.200. The molecule has 0 aromatic rings. The second-order valence-electron chi connectivity index (χ2n) is 4.75. The summed E-state index contributed by atoms with van der Waals surface area (Å²) in [5.74, 6) is 0. The molecule has 1 rings (SSSR count). The standard InChI is InChI=1S/C13H27N3O3/c1-3-18-12(19-4-2)7-10-16-8-5-11(6-9-16)15-13(14)17/h11-12H,3-10H2,1-2H3,(H3,14,15,17). The Morgan fingerprint density at radius 2 is 1.89 bits per heavy atom. The Balaban J connectivity index is 2.19. The molecule has 1 heterocycles. The first-order chi connectivity index (χ1) is 9.15. The van der Waals surface area contributed by atoms with Gasteiger partial charge in [-0.1, -0.05) is 0 Å². The van der Waals surface area contributed by atoms with Crippen molar-refractivity contribution in [3.8, 4) is 0 Å². The van der Waals surface area contributed by atoms with Crippen LogP contribution in [0.2, 0.25) is 0 Å². The number of nitrogens with one attached hydrogen (secondary N) is 1. The maximum atomic E-state index is 10.8. The topological polar surface area (TPSA) is 76.8 Å². The molecule has 3 N–H and O–H groups in total. The number of carbonyl (C=O) groups excluding carboxylic acids is 1. The molecule has 19 heavy (non-hydrogen) atoms. The SMILES string of the molecule is CCOC(CCN1CCC(NC(N)=O)CC1)OCC. The fourth-order valence-corrected chi connectivity index (χ4v) is 2.38. The van der Waals surface area contributed by atoms with Crippen molar-refractivity contribution < 1.29 is 14.3 Å². The Kier molecular flexibility index (Phi) is 7.78. The monoisotopic (exact) mass is 273 g/mol. The third-order valence-corrected chi connectivity index (χ3v) is 3.32. The van der Waals surface area contributed by atoms with Gasteiger partial charge in [0.25, 0.3) is 0 Å². The molecule has 1 aliphatic rings. The molecule has 2 amide bonds. The summed E-state index contributed by atoms with van der Waals surface area (Å²) in [7, 11) is 0. The van der Waals surface area contributed by atoms with E-state index < -0.39 is 6.03 Å². The first kappa shape index (κ1) is 16.2. The quantitative estimate of drug-likeness (QED) is 0.644. The lowest BCUT2D eigenvalue weighted by Gasteiger charge is -2.32. The van der Waals surface area contributed by atoms with E-state index in [1.165, 1.54) is 0 Å². The number of nitrogens with two attached hydrogens (primary N) is 1. The number of hydrogen-bond acceptors (Lipinski definition) is 4. The molecule has 6 heteroatoms. The van der Waals surface area contributed by atoms with E-state index in [4.69, 9.17) is 15.2 Å². The summed E-state index contributed by atoms with van der Waals surface area (Å²) in [5, 5.41) is 2.77. The van der Waals surface area contributed by atoms with Crippen molar-refractivity contribution in [1.29, 1.82) is 0 Å². The van der Waals surface area contributed by atoms with E-state index >= 15 is 0 Å². The number of rotatable bonds is 8. The number of urea groups is 1. The summed E-state index contributed by atoms with van der Waals surface area (Å²) in [4.78, 5) is 13.2. The maximum Gasteiger partial charge on any atom is 0.312 e. The minimum atomic E-state index is -0.425. The average molecular weight is 273 g/mol. The molecular formula is C13H27N3O3. The van der Waals surface area contributed by atoms with Crippen molar-refractivity contribution in [3.05, 3.63) is 0 Å². The molecule has 0 aromatic carbocycles. The molecule has 0 atom stereocenters. The minimum Gasteiger partial charge on any atom is -0.353 e. The third kappa shape index (κ3) is 6.75. The van der Waals surface area contributed by atoms with Gasteiger partial charge in [0.2, 0.25) is 0 Å². The van der Waals surface area contributed by atoms with Crippen molar-refractivity contribution in [2.45, 2.75) is 45.4 Å². The number of ether oxygens (including phenoxy) is 2. The van der Waals surface area contributed by atoms with Crippen LogP contribution in [0.4, 0.5) is 4.79 Å². The largest absolute Gasteiger partial charge is 0.353 e. The fraction of sp³-hybridized carbons (Fsp3) is 0.923. The molecule has 0 radical (unpaired) electrons. The van der Waals surface area contributed by atoms with Crippen molar-refractivity contribution in [2.24, 2.45) is 5.73 Å². The van der Waals surface area contributed by atoms with Gasteiger partial charge < -0.3 is 25.4 Å². The second kappa shape index (κ2) is 9.12. The van der Waals surface area contributed by atoms with Crippen molar-refractivity contribution in [1.82, 2.24) is 10.2 Å². The van der Waals surface area contributed by atoms with Crippen molar-refractivity contribution >= 4 is 6.03 Å². The lowest BCUT2D eigenvalue weighted by atomic mass is 10.1. The van der Waals surface area contributed by atoms with E-state index in [1.807, 2.05) is 13.8 Å². The zero-order valence-corrected chi connectivity index (χ0v) is 12.1. The van der Waals surface area contributed by atoms with Crippen LogP contribution in [0.15, 0.2) is 0 Å². The molecule has 1 fully saturated rings. The number of amides is 2. The molecule has 0 saturated carbocycles. The van der Waals surface area contributed by atoms with Gasteiger partial charge in [-0.15, -0.1) is 0 Å². The van der Waals surface area contributed by atoms with Crippen LogP contribution in [-0.2, 0) is 9.47 Å². The van der Waals surface area contributed by atoms with Crippen LogP contribution in [0.3, 0.4) is 0 Å². The molecule has 1 aliphatic heterocycles. The highest BCUT2D eigenvalue weighted by molar-refractivity contribution is 5.71. The number of piperidine rings is 1. The van der Waals surface area contributed by atoms with Gasteiger partial charge in [0.05, 0.1) is 0 Å². The maximum absolute atomic E-state index is 10.8. The predicted octanol–water partition coefficient (Wildman–Crippen LogP) is 0.908. The summed E-state index contributed by atoms with van der Waals surface area (Å²) < 4.78 is 11.0. The van der Waals surface area contributed by atoms with Crippen LogP contribution in [0.1, 0.15) is 33.1 Å². The predicted molar refractivity (Wildman–Crippen MR) is 73.8 cm³/mol. The van der Waals surface area contributed by atoms with Crippen molar-refractivity contribution in [2.75, 3.05) is 32.8 Å². The number of hydrogen-bond donors (Lipinski definition) is 2. The Morgan fingerprint density at radius 1 is 1.32 bits per heavy atom. The Morgan fingerprint density at radius 3 is 2.37 bits per heavy atom. The highest BCUT2D eigenvalue weighted by Crippen LogP contribution is 2.12. The molecule has 1 saturated heterocycles. The number of nitrogens with zero attached hydrogens (tertiary/aromatic N) is 1. The normalized spacial score (nSPS) is 17.8. The minimum absolute atomic E-state index is 0.100. The third-order valence-electron chi connectivity index (χ3n) is 3.32. The lowest BCUT2D eigenvalue weighted by Crippen LogP contribution is -2.46. The number of likely N-dealkylation sites (tertiary alicyclic amines) is 1. The van der Waals surface area contributed by atoms with Gasteiger partial charge >= 0.3 is 6.03 Å². The summed E-state index contributed by atoms with van der Waals surface area (Å²) in [6.45, 7) is 8.24. The van der Waals surface area contributed by atoms with Crippen LogP contribution in [0, 0.1) is 0 Å². The molecule has 6 nitrogen and oxygen atoms in total. The molecule has 0 unspecified atom stereocenters. The summed E-state index contributed by atoms with van der Waals surface area (Å²) >= 11 is 0. The van der Waals surface area contributed by atoms with Gasteiger partial charge in [0, 0.05) is 45.3 Å². The number of carbonyl (C=O) groups is 1. The van der Waals surface area contributed by atoms with Crippen molar-refractivity contribution in [3.63, 3.8) is 0 Å². The summed E-state index contributed by atoms with van der Waals surface area (Å²) in [6.07, 6.45) is 2.69.